The molecule has 0 amide bonds. The van der Waals surface area contributed by atoms with Gasteiger partial charge in [-0.2, -0.15) is 0 Å². The van der Waals surface area contributed by atoms with Gasteiger partial charge in [-0.3, -0.25) is 0 Å². The highest BCUT2D eigenvalue weighted by molar-refractivity contribution is 7.80. The van der Waals surface area contributed by atoms with Gasteiger partial charge >= 0.3 is 0 Å². The maximum absolute atomic E-state index is 5.34. The zero-order valence-electron chi connectivity index (χ0n) is 9.38. The van der Waals surface area contributed by atoms with Crippen LogP contribution in [0.25, 0.3) is 0 Å². The van der Waals surface area contributed by atoms with Gasteiger partial charge in [0.05, 0.1) is 0 Å². The number of thiocarbonyl (C=S) groups is 1. The number of nitrogens with one attached hydrogen (secondary N) is 1. The first-order valence-electron chi connectivity index (χ1n) is 5.75. The first-order chi connectivity index (χ1) is 6.74. The third kappa shape index (κ3) is 3.82. The molecule has 1 saturated carbocycles. The average Bonchev–Trinajstić information content (AvgIpc) is 2.19. The molecular weight excluding hydrogens is 192 g/mol. The van der Waals surface area contributed by atoms with Gasteiger partial charge in [-0.15, -0.1) is 0 Å². The summed E-state index contributed by atoms with van der Waals surface area (Å²) in [6, 6.07) is 0.635. The molecule has 3 heteroatoms. The Labute approximate surface area is 93.1 Å². The Morgan fingerprint density at radius 1 is 1.36 bits per heavy atom. The van der Waals surface area contributed by atoms with E-state index >= 15 is 0 Å². The quantitative estimate of drug-likeness (QED) is 0.727. The van der Waals surface area contributed by atoms with E-state index in [1.807, 2.05) is 0 Å². The van der Waals surface area contributed by atoms with Crippen molar-refractivity contribution in [2.24, 2.45) is 0 Å². The second-order valence-corrected chi connectivity index (χ2v) is 4.59. The van der Waals surface area contributed by atoms with Crippen LogP contribution in [0.4, 0.5) is 0 Å². The maximum atomic E-state index is 5.34. The standard InChI is InChI=1S/C11H22N2S/c1-3-9-13(2)11(14)12-10-7-5-4-6-8-10/h10H,3-9H2,1-2H3,(H,12,14). The van der Waals surface area contributed by atoms with Gasteiger partial charge in [0.1, 0.15) is 0 Å². The molecule has 0 atom stereocenters. The molecule has 0 radical (unpaired) electrons. The van der Waals surface area contributed by atoms with Crippen LogP contribution in [-0.4, -0.2) is 29.6 Å². The lowest BCUT2D eigenvalue weighted by molar-refractivity contribution is 0.393. The number of rotatable bonds is 3. The van der Waals surface area contributed by atoms with Crippen LogP contribution in [0.5, 0.6) is 0 Å². The predicted octanol–water partition coefficient (Wildman–Crippen LogP) is 2.54. The van der Waals surface area contributed by atoms with E-state index in [-0.39, 0.29) is 0 Å². The second kappa shape index (κ2) is 6.23. The molecule has 0 aromatic carbocycles. The Morgan fingerprint density at radius 2 is 2.00 bits per heavy atom. The minimum absolute atomic E-state index is 0.635. The molecule has 0 aromatic heterocycles. The van der Waals surface area contributed by atoms with Crippen molar-refractivity contribution in [1.29, 1.82) is 0 Å². The lowest BCUT2D eigenvalue weighted by Gasteiger charge is -2.28. The summed E-state index contributed by atoms with van der Waals surface area (Å²) in [5.41, 5.74) is 0. The first-order valence-corrected chi connectivity index (χ1v) is 6.16. The molecule has 1 aliphatic carbocycles. The number of hydrogen-bond donors (Lipinski definition) is 1. The summed E-state index contributed by atoms with van der Waals surface area (Å²) in [5, 5.41) is 4.39. The van der Waals surface area contributed by atoms with E-state index in [0.717, 1.165) is 18.1 Å². The molecule has 1 N–H and O–H groups in total. The van der Waals surface area contributed by atoms with Crippen LogP contribution in [0.3, 0.4) is 0 Å². The van der Waals surface area contributed by atoms with Gasteiger partial charge < -0.3 is 10.2 Å². The van der Waals surface area contributed by atoms with E-state index in [2.05, 4.69) is 24.2 Å². The van der Waals surface area contributed by atoms with Crippen LogP contribution < -0.4 is 5.32 Å². The summed E-state index contributed by atoms with van der Waals surface area (Å²) < 4.78 is 0. The van der Waals surface area contributed by atoms with E-state index in [4.69, 9.17) is 12.2 Å². The van der Waals surface area contributed by atoms with E-state index in [9.17, 15) is 0 Å². The summed E-state index contributed by atoms with van der Waals surface area (Å²) in [7, 11) is 2.07. The maximum Gasteiger partial charge on any atom is 0.168 e. The number of hydrogen-bond acceptors (Lipinski definition) is 1. The van der Waals surface area contributed by atoms with Crippen molar-refractivity contribution >= 4 is 17.3 Å². The van der Waals surface area contributed by atoms with Gasteiger partial charge in [-0.25, -0.2) is 0 Å². The van der Waals surface area contributed by atoms with Crippen molar-refractivity contribution in [3.8, 4) is 0 Å². The van der Waals surface area contributed by atoms with Gasteiger partial charge in [0.15, 0.2) is 5.11 Å². The van der Waals surface area contributed by atoms with Crippen molar-refractivity contribution in [3.05, 3.63) is 0 Å². The highest BCUT2D eigenvalue weighted by Gasteiger charge is 2.14. The normalized spacial score (nSPS) is 17.9. The monoisotopic (exact) mass is 214 g/mol. The summed E-state index contributed by atoms with van der Waals surface area (Å²) in [6.07, 6.45) is 7.86. The smallest absolute Gasteiger partial charge is 0.168 e. The molecule has 2 nitrogen and oxygen atoms in total. The molecule has 0 unspecified atom stereocenters. The highest BCUT2D eigenvalue weighted by Crippen LogP contribution is 2.17. The predicted molar refractivity (Wildman–Crippen MR) is 65.5 cm³/mol. The molecule has 82 valence electrons. The molecule has 1 fully saturated rings. The zero-order chi connectivity index (χ0) is 10.4. The van der Waals surface area contributed by atoms with Crippen LogP contribution in [0.15, 0.2) is 0 Å². The van der Waals surface area contributed by atoms with Gasteiger partial charge in [-0.1, -0.05) is 26.2 Å². The van der Waals surface area contributed by atoms with E-state index in [1.54, 1.807) is 0 Å². The minimum atomic E-state index is 0.635. The van der Waals surface area contributed by atoms with Crippen LogP contribution in [0.2, 0.25) is 0 Å². The largest absolute Gasteiger partial charge is 0.360 e. The molecule has 1 rings (SSSR count). The molecular formula is C11H22N2S. The Balaban J connectivity index is 2.24. The van der Waals surface area contributed by atoms with Gasteiger partial charge in [0.25, 0.3) is 0 Å². The average molecular weight is 214 g/mol. The first kappa shape index (κ1) is 11.8. The van der Waals surface area contributed by atoms with E-state index in [0.29, 0.717) is 6.04 Å². The second-order valence-electron chi connectivity index (χ2n) is 4.21. The molecule has 0 spiro atoms. The van der Waals surface area contributed by atoms with Gasteiger partial charge in [0.2, 0.25) is 0 Å². The molecule has 0 heterocycles. The lowest BCUT2D eigenvalue weighted by Crippen LogP contribution is -2.43. The molecule has 0 aromatic rings. The Kier molecular flexibility index (Phi) is 5.23. The fraction of sp³-hybridized carbons (Fsp3) is 0.909. The summed E-state index contributed by atoms with van der Waals surface area (Å²) in [6.45, 7) is 3.23. The van der Waals surface area contributed by atoms with Crippen LogP contribution >= 0.6 is 12.2 Å². The summed E-state index contributed by atoms with van der Waals surface area (Å²) in [4.78, 5) is 2.14. The van der Waals surface area contributed by atoms with Crippen molar-refractivity contribution in [2.45, 2.75) is 51.5 Å². The highest BCUT2D eigenvalue weighted by atomic mass is 32.1. The van der Waals surface area contributed by atoms with Crippen molar-refractivity contribution in [1.82, 2.24) is 10.2 Å². The fourth-order valence-corrected chi connectivity index (χ4v) is 2.23. The lowest BCUT2D eigenvalue weighted by atomic mass is 9.96. The molecule has 0 saturated heterocycles. The number of nitrogens with zero attached hydrogens (tertiary/aromatic N) is 1. The molecule has 0 aliphatic heterocycles. The topological polar surface area (TPSA) is 15.3 Å². The summed E-state index contributed by atoms with van der Waals surface area (Å²) in [5.74, 6) is 0. The van der Waals surface area contributed by atoms with Crippen LogP contribution in [-0.2, 0) is 0 Å². The Hall–Kier alpha value is -0.310. The molecule has 0 bridgehead atoms. The van der Waals surface area contributed by atoms with Crippen molar-refractivity contribution in [2.75, 3.05) is 13.6 Å². The van der Waals surface area contributed by atoms with E-state index in [1.165, 1.54) is 32.1 Å². The van der Waals surface area contributed by atoms with Crippen molar-refractivity contribution < 1.29 is 0 Å². The third-order valence-corrected chi connectivity index (χ3v) is 3.27. The van der Waals surface area contributed by atoms with E-state index < -0.39 is 0 Å². The minimum Gasteiger partial charge on any atom is -0.360 e. The Morgan fingerprint density at radius 3 is 2.57 bits per heavy atom. The molecule has 14 heavy (non-hydrogen) atoms. The summed E-state index contributed by atoms with van der Waals surface area (Å²) >= 11 is 5.34. The van der Waals surface area contributed by atoms with Crippen LogP contribution in [0.1, 0.15) is 45.4 Å². The SMILES string of the molecule is CCCN(C)C(=S)NC1CCCCC1. The zero-order valence-corrected chi connectivity index (χ0v) is 10.2. The van der Waals surface area contributed by atoms with Crippen molar-refractivity contribution in [3.63, 3.8) is 0 Å². The van der Waals surface area contributed by atoms with Gasteiger partial charge in [-0.05, 0) is 31.5 Å². The fourth-order valence-electron chi connectivity index (χ4n) is 1.97. The van der Waals surface area contributed by atoms with Crippen LogP contribution in [0, 0.1) is 0 Å². The van der Waals surface area contributed by atoms with Gasteiger partial charge in [0, 0.05) is 19.6 Å². The molecule has 1 aliphatic rings. The Bertz CT molecular complexity index is 176. The third-order valence-electron chi connectivity index (χ3n) is 2.84.